The average Bonchev–Trinajstić information content (AvgIpc) is 3.28. The minimum atomic E-state index is -3.86. The van der Waals surface area contributed by atoms with Crippen molar-refractivity contribution in [3.8, 4) is 11.3 Å². The molecule has 13 heteroatoms. The van der Waals surface area contributed by atoms with Crippen LogP contribution in [0.4, 0.5) is 0 Å². The summed E-state index contributed by atoms with van der Waals surface area (Å²) in [6, 6.07) is 8.11. The molecular weight excluding hydrogens is 482 g/mol. The first kappa shape index (κ1) is 22.2. The summed E-state index contributed by atoms with van der Waals surface area (Å²) in [6.45, 7) is 0.651. The van der Waals surface area contributed by atoms with Crippen LogP contribution in [0.3, 0.4) is 0 Å². The first-order valence-electron chi connectivity index (χ1n) is 10.3. The van der Waals surface area contributed by atoms with Gasteiger partial charge >= 0.3 is 0 Å². The molecule has 0 aliphatic carbocycles. The van der Waals surface area contributed by atoms with Crippen LogP contribution in [-0.4, -0.2) is 69.6 Å². The van der Waals surface area contributed by atoms with Gasteiger partial charge in [-0.15, -0.1) is 0 Å². The molecule has 34 heavy (non-hydrogen) atoms. The summed E-state index contributed by atoms with van der Waals surface area (Å²) in [7, 11) is -3.86. The number of halogens is 1. The number of benzene rings is 1. The number of aromatic nitrogens is 5. The first-order chi connectivity index (χ1) is 16.3. The molecule has 1 aliphatic heterocycles. The third-order valence-electron chi connectivity index (χ3n) is 5.50. The fraction of sp³-hybridized carbons (Fsp3) is 0.190. The molecule has 1 saturated heterocycles. The largest absolute Gasteiger partial charge is 0.619 e. The molecule has 1 aromatic carbocycles. The standard InChI is InChI=1S/C21H18ClN7O4S/c22-15-1-2-16-17(11-15)26-21(25-16)34(32,33)29-9-7-27(8-10-29)20(30)19-13-23-18(12-24-19)14-3-5-28(31)6-4-14/h1-6,11-13H,7-10H2,(H,25,26). The summed E-state index contributed by atoms with van der Waals surface area (Å²) < 4.78 is 28.0. The van der Waals surface area contributed by atoms with Crippen LogP contribution in [0.2, 0.25) is 5.02 Å². The number of pyridine rings is 1. The molecule has 0 saturated carbocycles. The van der Waals surface area contributed by atoms with Crippen LogP contribution in [0.1, 0.15) is 10.5 Å². The smallest absolute Gasteiger partial charge is 0.276 e. The van der Waals surface area contributed by atoms with E-state index in [-0.39, 0.29) is 42.9 Å². The molecule has 11 nitrogen and oxygen atoms in total. The molecule has 1 fully saturated rings. The van der Waals surface area contributed by atoms with Gasteiger partial charge in [0.2, 0.25) is 5.16 Å². The normalized spacial score (nSPS) is 15.0. The Balaban J connectivity index is 1.26. The zero-order chi connectivity index (χ0) is 23.9. The van der Waals surface area contributed by atoms with Gasteiger partial charge in [0, 0.05) is 48.9 Å². The molecule has 4 aromatic rings. The highest BCUT2D eigenvalue weighted by atomic mass is 35.5. The van der Waals surface area contributed by atoms with Gasteiger partial charge in [-0.05, 0) is 18.2 Å². The maximum absolute atomic E-state index is 13.0. The van der Waals surface area contributed by atoms with E-state index >= 15 is 0 Å². The van der Waals surface area contributed by atoms with E-state index in [1.807, 2.05) is 0 Å². The molecule has 0 bridgehead atoms. The Labute approximate surface area is 199 Å². The Morgan fingerprint density at radius 3 is 2.47 bits per heavy atom. The maximum Gasteiger partial charge on any atom is 0.276 e. The van der Waals surface area contributed by atoms with E-state index in [0.717, 1.165) is 0 Å². The van der Waals surface area contributed by atoms with Gasteiger partial charge in [-0.25, -0.2) is 18.4 Å². The predicted molar refractivity (Wildman–Crippen MR) is 122 cm³/mol. The molecule has 0 spiro atoms. The van der Waals surface area contributed by atoms with Gasteiger partial charge in [-0.2, -0.15) is 9.04 Å². The average molecular weight is 500 g/mol. The number of hydrogen-bond donors (Lipinski definition) is 1. The zero-order valence-electron chi connectivity index (χ0n) is 17.6. The van der Waals surface area contributed by atoms with Gasteiger partial charge < -0.3 is 15.1 Å². The topological polar surface area (TPSA) is 139 Å². The number of hydrogen-bond acceptors (Lipinski definition) is 7. The fourth-order valence-corrected chi connectivity index (χ4v) is 5.18. The molecule has 4 heterocycles. The number of nitrogens with one attached hydrogen (secondary N) is 1. The van der Waals surface area contributed by atoms with E-state index in [4.69, 9.17) is 11.6 Å². The number of nitrogens with zero attached hydrogens (tertiary/aromatic N) is 6. The number of H-pyrrole nitrogens is 1. The highest BCUT2D eigenvalue weighted by molar-refractivity contribution is 7.89. The van der Waals surface area contributed by atoms with E-state index in [2.05, 4.69) is 19.9 Å². The third kappa shape index (κ3) is 4.18. The number of carbonyl (C=O) groups excluding carboxylic acids is 1. The van der Waals surface area contributed by atoms with Crippen molar-refractivity contribution in [2.24, 2.45) is 0 Å². The molecule has 174 valence electrons. The van der Waals surface area contributed by atoms with E-state index < -0.39 is 10.0 Å². The van der Waals surface area contributed by atoms with Crippen LogP contribution in [0.25, 0.3) is 22.3 Å². The molecule has 3 aromatic heterocycles. The molecule has 0 atom stereocenters. The van der Waals surface area contributed by atoms with Crippen LogP contribution in [-0.2, 0) is 10.0 Å². The second-order valence-electron chi connectivity index (χ2n) is 7.63. The van der Waals surface area contributed by atoms with Gasteiger partial charge in [0.25, 0.3) is 15.9 Å². The summed E-state index contributed by atoms with van der Waals surface area (Å²) >= 11 is 5.97. The van der Waals surface area contributed by atoms with Crippen LogP contribution in [0.15, 0.2) is 60.3 Å². The summed E-state index contributed by atoms with van der Waals surface area (Å²) in [6.07, 6.45) is 5.54. The van der Waals surface area contributed by atoms with Crippen LogP contribution >= 0.6 is 11.6 Å². The van der Waals surface area contributed by atoms with Crippen molar-refractivity contribution in [3.05, 3.63) is 71.0 Å². The van der Waals surface area contributed by atoms with Gasteiger partial charge in [-0.1, -0.05) is 11.6 Å². The lowest BCUT2D eigenvalue weighted by Gasteiger charge is -2.33. The lowest BCUT2D eigenvalue weighted by atomic mass is 10.2. The van der Waals surface area contributed by atoms with Gasteiger partial charge in [0.1, 0.15) is 5.69 Å². The Bertz CT molecular complexity index is 1470. The van der Waals surface area contributed by atoms with Crippen molar-refractivity contribution < 1.29 is 17.9 Å². The number of carbonyl (C=O) groups is 1. The summed E-state index contributed by atoms with van der Waals surface area (Å²) in [5.74, 6) is -0.333. The summed E-state index contributed by atoms with van der Waals surface area (Å²) in [5, 5.41) is 11.5. The quantitative estimate of drug-likeness (QED) is 0.331. The molecule has 0 unspecified atom stereocenters. The highest BCUT2D eigenvalue weighted by Crippen LogP contribution is 2.22. The summed E-state index contributed by atoms with van der Waals surface area (Å²) in [5.41, 5.74) is 2.42. The van der Waals surface area contributed by atoms with Crippen molar-refractivity contribution in [1.82, 2.24) is 29.1 Å². The Hall–Kier alpha value is -3.61. The van der Waals surface area contributed by atoms with Crippen molar-refractivity contribution in [2.45, 2.75) is 5.16 Å². The van der Waals surface area contributed by atoms with Gasteiger partial charge in [-0.3, -0.25) is 9.78 Å². The zero-order valence-corrected chi connectivity index (χ0v) is 19.2. The second-order valence-corrected chi connectivity index (χ2v) is 9.92. The minimum absolute atomic E-state index is 0.122. The first-order valence-corrected chi connectivity index (χ1v) is 12.1. The maximum atomic E-state index is 13.0. The van der Waals surface area contributed by atoms with E-state index in [9.17, 15) is 18.4 Å². The van der Waals surface area contributed by atoms with E-state index in [0.29, 0.717) is 32.0 Å². The molecule has 0 radical (unpaired) electrons. The minimum Gasteiger partial charge on any atom is -0.619 e. The van der Waals surface area contributed by atoms with E-state index in [1.165, 1.54) is 34.0 Å². The summed E-state index contributed by atoms with van der Waals surface area (Å²) in [4.78, 5) is 29.8. The van der Waals surface area contributed by atoms with Gasteiger partial charge in [0.05, 0.1) is 29.1 Å². The number of amides is 1. The lowest BCUT2D eigenvalue weighted by molar-refractivity contribution is -0.605. The molecule has 1 N–H and O–H groups in total. The number of piperazine rings is 1. The number of imidazole rings is 1. The molecule has 5 rings (SSSR count). The fourth-order valence-electron chi connectivity index (χ4n) is 3.67. The number of sulfonamides is 1. The molecule has 1 amide bonds. The number of aromatic amines is 1. The highest BCUT2D eigenvalue weighted by Gasteiger charge is 2.33. The van der Waals surface area contributed by atoms with Crippen LogP contribution < -0.4 is 4.73 Å². The molecule has 1 aliphatic rings. The lowest BCUT2D eigenvalue weighted by Crippen LogP contribution is -2.50. The molecular formula is C21H18ClN7O4S. The van der Waals surface area contributed by atoms with Crippen molar-refractivity contribution in [2.75, 3.05) is 26.2 Å². The van der Waals surface area contributed by atoms with E-state index in [1.54, 1.807) is 30.3 Å². The monoisotopic (exact) mass is 499 g/mol. The second kappa shape index (κ2) is 8.63. The Kier molecular flexibility index (Phi) is 5.63. The number of fused-ring (bicyclic) bond motifs is 1. The van der Waals surface area contributed by atoms with Crippen molar-refractivity contribution in [1.29, 1.82) is 0 Å². The van der Waals surface area contributed by atoms with Crippen LogP contribution in [0, 0.1) is 5.21 Å². The van der Waals surface area contributed by atoms with Crippen LogP contribution in [0.5, 0.6) is 0 Å². The van der Waals surface area contributed by atoms with Crippen molar-refractivity contribution >= 4 is 38.6 Å². The predicted octanol–water partition coefficient (Wildman–Crippen LogP) is 1.45. The Morgan fingerprint density at radius 2 is 1.79 bits per heavy atom. The Morgan fingerprint density at radius 1 is 1.06 bits per heavy atom. The van der Waals surface area contributed by atoms with Crippen molar-refractivity contribution in [3.63, 3.8) is 0 Å². The third-order valence-corrected chi connectivity index (χ3v) is 7.46. The number of rotatable bonds is 4. The SMILES string of the molecule is O=C(c1cnc(-c2cc[n+]([O-])cc2)cn1)N1CCN(S(=O)(=O)c2nc3ccc(Cl)cc3[nH]2)CC1. The van der Waals surface area contributed by atoms with Gasteiger partial charge in [0.15, 0.2) is 12.4 Å².